The van der Waals surface area contributed by atoms with Gasteiger partial charge in [-0.3, -0.25) is 9.59 Å². The van der Waals surface area contributed by atoms with Gasteiger partial charge in [-0.25, -0.2) is 4.79 Å². The zero-order valence-corrected chi connectivity index (χ0v) is 28.2. The molecule has 1 aliphatic heterocycles. The number of nitrogens with one attached hydrogen (secondary N) is 3. The van der Waals surface area contributed by atoms with Crippen molar-refractivity contribution in [3.63, 3.8) is 0 Å². The molecule has 3 aromatic carbocycles. The average molecular weight is 661 g/mol. The molecule has 0 spiro atoms. The third kappa shape index (κ3) is 12.1. The van der Waals surface area contributed by atoms with E-state index in [2.05, 4.69) is 27.8 Å². The van der Waals surface area contributed by atoms with Crippen molar-refractivity contribution in [1.82, 2.24) is 10.2 Å². The molecule has 11 heteroatoms. The van der Waals surface area contributed by atoms with E-state index in [9.17, 15) is 14.4 Å². The van der Waals surface area contributed by atoms with Crippen LogP contribution in [-0.4, -0.2) is 68.8 Å². The van der Waals surface area contributed by atoms with Crippen molar-refractivity contribution in [2.45, 2.75) is 64.9 Å². The summed E-state index contributed by atoms with van der Waals surface area (Å²) in [6, 6.07) is 19.2. The molecule has 258 valence electrons. The Morgan fingerprint density at radius 2 is 1.52 bits per heavy atom. The number of hydrogen-bond acceptors (Lipinski definition) is 8. The quantitative estimate of drug-likeness (QED) is 0.102. The molecule has 0 unspecified atom stereocenters. The Bertz CT molecular complexity index is 1460. The van der Waals surface area contributed by atoms with E-state index in [-0.39, 0.29) is 24.0 Å². The maximum atomic E-state index is 12.9. The van der Waals surface area contributed by atoms with Gasteiger partial charge in [-0.2, -0.15) is 0 Å². The Labute approximate surface area is 283 Å². The van der Waals surface area contributed by atoms with Gasteiger partial charge in [0.1, 0.15) is 17.6 Å². The molecule has 0 aliphatic carbocycles. The first-order chi connectivity index (χ1) is 23.3. The van der Waals surface area contributed by atoms with E-state index in [1.807, 2.05) is 12.1 Å². The zero-order valence-electron chi connectivity index (χ0n) is 28.2. The number of esters is 1. The number of amides is 3. The number of ether oxygens (including phenoxy) is 4. The molecular weight excluding hydrogens is 612 g/mol. The summed E-state index contributed by atoms with van der Waals surface area (Å²) in [5, 5.41) is 8.58. The van der Waals surface area contributed by atoms with Gasteiger partial charge in [-0.05, 0) is 99.3 Å². The number of nitrogens with zero attached hydrogens (tertiary/aromatic N) is 1. The van der Waals surface area contributed by atoms with Crippen LogP contribution in [0.15, 0.2) is 66.7 Å². The van der Waals surface area contributed by atoms with Gasteiger partial charge in [0, 0.05) is 49.6 Å². The average Bonchev–Trinajstić information content (AvgIpc) is 3.09. The van der Waals surface area contributed by atoms with Crippen LogP contribution in [0, 0.1) is 0 Å². The minimum atomic E-state index is -0.265. The Balaban J connectivity index is 1.20. The lowest BCUT2D eigenvalue weighted by Gasteiger charge is -2.32. The molecular formula is C37H48N4O7. The van der Waals surface area contributed by atoms with Crippen molar-refractivity contribution < 1.29 is 33.3 Å². The second-order valence-corrected chi connectivity index (χ2v) is 11.8. The lowest BCUT2D eigenvalue weighted by molar-refractivity contribution is -0.141. The summed E-state index contributed by atoms with van der Waals surface area (Å²) in [5.74, 6) is 1.82. The van der Waals surface area contributed by atoms with Crippen LogP contribution in [0.1, 0.15) is 69.2 Å². The van der Waals surface area contributed by atoms with Crippen molar-refractivity contribution in [1.29, 1.82) is 0 Å². The molecule has 0 aromatic heterocycles. The first-order valence-corrected chi connectivity index (χ1v) is 16.8. The predicted molar refractivity (Wildman–Crippen MR) is 186 cm³/mol. The number of methoxy groups -OCH3 is 1. The van der Waals surface area contributed by atoms with Crippen LogP contribution >= 0.6 is 0 Å². The molecule has 0 bridgehead atoms. The standard InChI is InChI=1S/C37H48N4O7/c1-4-5-6-21-38-37(44)40-30-13-18-34(35(26-30)45-3)48-32-16-11-29(12-17-32)39-36(43)28-9-14-31(15-10-28)47-33-19-23-41(24-20-33)22-7-8-25-46-27(2)42/h9-18,26,33H,4-8,19-25H2,1-3H3,(H,39,43)(H2,38,40,44). The summed E-state index contributed by atoms with van der Waals surface area (Å²) >= 11 is 0. The van der Waals surface area contributed by atoms with Crippen LogP contribution in [0.2, 0.25) is 0 Å². The fraction of sp³-hybridized carbons (Fsp3) is 0.432. The number of piperidine rings is 1. The fourth-order valence-corrected chi connectivity index (χ4v) is 5.30. The van der Waals surface area contributed by atoms with Crippen molar-refractivity contribution in [2.75, 3.05) is 50.5 Å². The largest absolute Gasteiger partial charge is 0.493 e. The second kappa shape index (κ2) is 19.1. The molecule has 11 nitrogen and oxygen atoms in total. The summed E-state index contributed by atoms with van der Waals surface area (Å²) < 4.78 is 22.7. The number of benzene rings is 3. The number of carbonyl (C=O) groups is 3. The van der Waals surface area contributed by atoms with Crippen LogP contribution < -0.4 is 30.2 Å². The Hall–Kier alpha value is -4.77. The smallest absolute Gasteiger partial charge is 0.319 e. The summed E-state index contributed by atoms with van der Waals surface area (Å²) in [6.07, 6.45) is 7.02. The van der Waals surface area contributed by atoms with E-state index in [0.29, 0.717) is 47.3 Å². The first kappa shape index (κ1) is 36.1. The van der Waals surface area contributed by atoms with E-state index >= 15 is 0 Å². The Kier molecular flexibility index (Phi) is 14.4. The Morgan fingerprint density at radius 1 is 0.812 bits per heavy atom. The third-order valence-electron chi connectivity index (χ3n) is 7.96. The maximum Gasteiger partial charge on any atom is 0.319 e. The highest BCUT2D eigenvalue weighted by Gasteiger charge is 2.20. The first-order valence-electron chi connectivity index (χ1n) is 16.8. The number of carbonyl (C=O) groups excluding carboxylic acids is 3. The van der Waals surface area contributed by atoms with Gasteiger partial charge in [0.25, 0.3) is 5.91 Å². The van der Waals surface area contributed by atoms with Crippen LogP contribution in [0.3, 0.4) is 0 Å². The van der Waals surface area contributed by atoms with Gasteiger partial charge in [-0.15, -0.1) is 0 Å². The molecule has 3 N–H and O–H groups in total. The SMILES string of the molecule is CCCCCNC(=O)Nc1ccc(Oc2ccc(NC(=O)c3ccc(OC4CCN(CCCCOC(C)=O)CC4)cc3)cc2)c(OC)c1. The lowest BCUT2D eigenvalue weighted by atomic mass is 10.1. The number of anilines is 2. The zero-order chi connectivity index (χ0) is 34.1. The van der Waals surface area contributed by atoms with Gasteiger partial charge in [0.15, 0.2) is 11.5 Å². The predicted octanol–water partition coefficient (Wildman–Crippen LogP) is 7.24. The summed E-state index contributed by atoms with van der Waals surface area (Å²) in [6.45, 7) is 7.60. The number of likely N-dealkylation sites (tertiary alicyclic amines) is 1. The minimum Gasteiger partial charge on any atom is -0.493 e. The molecule has 48 heavy (non-hydrogen) atoms. The van der Waals surface area contributed by atoms with Crippen LogP contribution in [0.25, 0.3) is 0 Å². The van der Waals surface area contributed by atoms with Crippen LogP contribution in [0.4, 0.5) is 16.2 Å². The van der Waals surface area contributed by atoms with E-state index in [1.54, 1.807) is 54.6 Å². The Morgan fingerprint density at radius 3 is 2.21 bits per heavy atom. The summed E-state index contributed by atoms with van der Waals surface area (Å²) in [4.78, 5) is 38.3. The second-order valence-electron chi connectivity index (χ2n) is 11.8. The summed E-state index contributed by atoms with van der Waals surface area (Å²) in [5.41, 5.74) is 1.74. The monoisotopic (exact) mass is 660 g/mol. The lowest BCUT2D eigenvalue weighted by Crippen LogP contribution is -2.38. The molecule has 0 radical (unpaired) electrons. The molecule has 3 amide bonds. The van der Waals surface area contributed by atoms with Gasteiger partial charge < -0.3 is 39.8 Å². The van der Waals surface area contributed by atoms with Crippen LogP contribution in [0.5, 0.6) is 23.0 Å². The number of hydrogen-bond donors (Lipinski definition) is 3. The highest BCUT2D eigenvalue weighted by atomic mass is 16.5. The highest BCUT2D eigenvalue weighted by molar-refractivity contribution is 6.04. The van der Waals surface area contributed by atoms with Crippen molar-refractivity contribution in [2.24, 2.45) is 0 Å². The van der Waals surface area contributed by atoms with Gasteiger partial charge in [-0.1, -0.05) is 19.8 Å². The number of unbranched alkanes of at least 4 members (excludes halogenated alkanes) is 3. The van der Waals surface area contributed by atoms with E-state index in [1.165, 1.54) is 14.0 Å². The summed E-state index contributed by atoms with van der Waals surface area (Å²) in [7, 11) is 1.54. The molecule has 1 aliphatic rings. The molecule has 4 rings (SSSR count). The molecule has 1 fully saturated rings. The van der Waals surface area contributed by atoms with Crippen LogP contribution in [-0.2, 0) is 9.53 Å². The number of urea groups is 1. The van der Waals surface area contributed by atoms with Crippen molar-refractivity contribution >= 4 is 29.3 Å². The van der Waals surface area contributed by atoms with E-state index in [0.717, 1.165) is 70.3 Å². The van der Waals surface area contributed by atoms with Gasteiger partial charge >= 0.3 is 12.0 Å². The van der Waals surface area contributed by atoms with Gasteiger partial charge in [0.2, 0.25) is 0 Å². The maximum absolute atomic E-state index is 12.9. The molecule has 0 saturated carbocycles. The molecule has 3 aromatic rings. The molecule has 0 atom stereocenters. The topological polar surface area (TPSA) is 127 Å². The highest BCUT2D eigenvalue weighted by Crippen LogP contribution is 2.34. The third-order valence-corrected chi connectivity index (χ3v) is 7.96. The normalized spacial score (nSPS) is 13.3. The fourth-order valence-electron chi connectivity index (χ4n) is 5.30. The van der Waals surface area contributed by atoms with E-state index in [4.69, 9.17) is 18.9 Å². The van der Waals surface area contributed by atoms with Crippen molar-refractivity contribution in [3.05, 3.63) is 72.3 Å². The van der Waals surface area contributed by atoms with Crippen molar-refractivity contribution in [3.8, 4) is 23.0 Å². The molecule has 1 heterocycles. The minimum absolute atomic E-state index is 0.142. The van der Waals surface area contributed by atoms with Gasteiger partial charge in [0.05, 0.1) is 13.7 Å². The molecule has 1 saturated heterocycles. The number of rotatable bonds is 17. The van der Waals surface area contributed by atoms with E-state index < -0.39 is 0 Å².